The van der Waals surface area contributed by atoms with Crippen LogP contribution in [-0.4, -0.2) is 43.5 Å². The number of carbonyl (C=O) groups excluding carboxylic acids is 1. The molecule has 9 heteroatoms. The van der Waals surface area contributed by atoms with Crippen LogP contribution in [0, 0.1) is 0 Å². The van der Waals surface area contributed by atoms with E-state index in [1.165, 1.54) is 12.1 Å². The predicted octanol–water partition coefficient (Wildman–Crippen LogP) is 4.77. The second kappa shape index (κ2) is 8.59. The highest BCUT2D eigenvalue weighted by atomic mass is 35.5. The van der Waals surface area contributed by atoms with Gasteiger partial charge in [0.05, 0.1) is 27.8 Å². The summed E-state index contributed by atoms with van der Waals surface area (Å²) in [6.07, 6.45) is -4.45. The Bertz CT molecular complexity index is 853. The summed E-state index contributed by atoms with van der Waals surface area (Å²) in [5.74, 6) is -0.353. The van der Waals surface area contributed by atoms with Crippen molar-refractivity contribution in [2.24, 2.45) is 0 Å². The molecule has 0 bridgehead atoms. The van der Waals surface area contributed by atoms with E-state index in [0.29, 0.717) is 36.2 Å². The van der Waals surface area contributed by atoms with Gasteiger partial charge in [-0.3, -0.25) is 9.69 Å². The van der Waals surface area contributed by atoms with Crippen molar-refractivity contribution in [3.05, 3.63) is 58.1 Å². The third kappa shape index (κ3) is 5.10. The summed E-state index contributed by atoms with van der Waals surface area (Å²) in [5.41, 5.74) is 0.184. The van der Waals surface area contributed by atoms with Gasteiger partial charge in [-0.25, -0.2) is 0 Å². The quantitative estimate of drug-likeness (QED) is 0.756. The first-order valence-electron chi connectivity index (χ1n) is 8.62. The van der Waals surface area contributed by atoms with Crippen molar-refractivity contribution in [2.75, 3.05) is 42.9 Å². The smallest absolute Gasteiger partial charge is 0.368 e. The Hall–Kier alpha value is -1.96. The van der Waals surface area contributed by atoms with Crippen molar-refractivity contribution in [3.63, 3.8) is 0 Å². The molecule has 1 N–H and O–H groups in total. The van der Waals surface area contributed by atoms with Crippen molar-refractivity contribution in [3.8, 4) is 0 Å². The highest BCUT2D eigenvalue weighted by Crippen LogP contribution is 2.33. The van der Waals surface area contributed by atoms with Gasteiger partial charge in [0.25, 0.3) is 0 Å². The van der Waals surface area contributed by atoms with Gasteiger partial charge >= 0.3 is 6.18 Å². The van der Waals surface area contributed by atoms with Gasteiger partial charge in [0.15, 0.2) is 0 Å². The lowest BCUT2D eigenvalue weighted by molar-refractivity contribution is -0.137. The summed E-state index contributed by atoms with van der Waals surface area (Å²) < 4.78 is 38.3. The molecule has 2 aromatic rings. The molecule has 1 amide bonds. The van der Waals surface area contributed by atoms with Crippen LogP contribution in [0.25, 0.3) is 0 Å². The molecule has 28 heavy (non-hydrogen) atoms. The molecule has 3 rings (SSSR count). The van der Waals surface area contributed by atoms with Crippen LogP contribution in [0.3, 0.4) is 0 Å². The number of nitrogens with one attached hydrogen (secondary N) is 1. The Balaban J connectivity index is 1.53. The van der Waals surface area contributed by atoms with Crippen molar-refractivity contribution >= 4 is 40.5 Å². The van der Waals surface area contributed by atoms with Crippen LogP contribution in [0.4, 0.5) is 24.5 Å². The van der Waals surface area contributed by atoms with E-state index in [-0.39, 0.29) is 18.1 Å². The average Bonchev–Trinajstić information content (AvgIpc) is 2.64. The van der Waals surface area contributed by atoms with Crippen LogP contribution < -0.4 is 10.2 Å². The van der Waals surface area contributed by atoms with Crippen molar-refractivity contribution in [2.45, 2.75) is 6.18 Å². The van der Waals surface area contributed by atoms with Crippen LogP contribution in [0.2, 0.25) is 10.0 Å². The first-order valence-corrected chi connectivity index (χ1v) is 9.38. The molecule has 1 aliphatic rings. The molecular weight excluding hydrogens is 414 g/mol. The summed E-state index contributed by atoms with van der Waals surface area (Å²) in [6.45, 7) is 2.68. The number of piperazine rings is 1. The zero-order chi connectivity index (χ0) is 20.3. The summed E-state index contributed by atoms with van der Waals surface area (Å²) in [6, 6.07) is 10.1. The van der Waals surface area contributed by atoms with E-state index < -0.39 is 11.7 Å². The number of halogens is 5. The lowest BCUT2D eigenvalue weighted by Gasteiger charge is -2.36. The van der Waals surface area contributed by atoms with Gasteiger partial charge in [0.2, 0.25) is 5.91 Å². The second-order valence-corrected chi connectivity index (χ2v) is 7.25. The number of rotatable bonds is 4. The molecule has 1 heterocycles. The van der Waals surface area contributed by atoms with Gasteiger partial charge in [-0.2, -0.15) is 13.2 Å². The maximum atomic E-state index is 12.8. The first-order chi connectivity index (χ1) is 13.2. The van der Waals surface area contributed by atoms with Crippen LogP contribution in [-0.2, 0) is 11.0 Å². The number of anilines is 2. The lowest BCUT2D eigenvalue weighted by atomic mass is 10.2. The number of benzene rings is 2. The molecule has 4 nitrogen and oxygen atoms in total. The topological polar surface area (TPSA) is 35.6 Å². The minimum atomic E-state index is -4.45. The number of hydrogen-bond donors (Lipinski definition) is 1. The Morgan fingerprint density at radius 1 is 1.04 bits per heavy atom. The standard InChI is InChI=1S/C19H18Cl2F3N3O/c20-15-5-2-6-16(18(15)21)27-9-7-26(8-10-27)12-17(28)25-14-4-1-3-13(11-14)19(22,23)24/h1-6,11H,7-10,12H2,(H,25,28). The zero-order valence-corrected chi connectivity index (χ0v) is 16.3. The number of amides is 1. The van der Waals surface area contributed by atoms with E-state index in [1.807, 2.05) is 17.0 Å². The minimum Gasteiger partial charge on any atom is -0.368 e. The summed E-state index contributed by atoms with van der Waals surface area (Å²) in [5, 5.41) is 3.52. The SMILES string of the molecule is O=C(CN1CCN(c2cccc(Cl)c2Cl)CC1)Nc1cccc(C(F)(F)F)c1. The van der Waals surface area contributed by atoms with Crippen LogP contribution >= 0.6 is 23.2 Å². The van der Waals surface area contributed by atoms with E-state index in [2.05, 4.69) is 10.2 Å². The molecule has 1 saturated heterocycles. The van der Waals surface area contributed by atoms with Gasteiger partial charge in [0, 0.05) is 31.9 Å². The number of nitrogens with zero attached hydrogens (tertiary/aromatic N) is 2. The molecule has 150 valence electrons. The molecule has 0 unspecified atom stereocenters. The largest absolute Gasteiger partial charge is 0.416 e. The lowest BCUT2D eigenvalue weighted by Crippen LogP contribution is -2.48. The average molecular weight is 432 g/mol. The number of carbonyl (C=O) groups is 1. The van der Waals surface area contributed by atoms with Gasteiger partial charge in [-0.1, -0.05) is 35.3 Å². The third-order valence-corrected chi connectivity index (χ3v) is 5.29. The van der Waals surface area contributed by atoms with Crippen LogP contribution in [0.1, 0.15) is 5.56 Å². The normalized spacial score (nSPS) is 15.5. The molecule has 0 atom stereocenters. The molecule has 0 aliphatic carbocycles. The fraction of sp³-hybridized carbons (Fsp3) is 0.316. The molecule has 0 radical (unpaired) electrons. The van der Waals surface area contributed by atoms with E-state index in [9.17, 15) is 18.0 Å². The maximum absolute atomic E-state index is 12.8. The van der Waals surface area contributed by atoms with E-state index in [4.69, 9.17) is 23.2 Å². The minimum absolute atomic E-state index is 0.105. The summed E-state index contributed by atoms with van der Waals surface area (Å²) in [7, 11) is 0. The summed E-state index contributed by atoms with van der Waals surface area (Å²) in [4.78, 5) is 16.2. The monoisotopic (exact) mass is 431 g/mol. The van der Waals surface area contributed by atoms with Crippen molar-refractivity contribution in [1.82, 2.24) is 4.90 Å². The maximum Gasteiger partial charge on any atom is 0.416 e. The van der Waals surface area contributed by atoms with Crippen molar-refractivity contribution < 1.29 is 18.0 Å². The van der Waals surface area contributed by atoms with E-state index >= 15 is 0 Å². The van der Waals surface area contributed by atoms with E-state index in [1.54, 1.807) is 6.07 Å². The molecule has 0 aromatic heterocycles. The zero-order valence-electron chi connectivity index (χ0n) is 14.8. The molecule has 1 fully saturated rings. The van der Waals surface area contributed by atoms with Crippen molar-refractivity contribution in [1.29, 1.82) is 0 Å². The van der Waals surface area contributed by atoms with Crippen LogP contribution in [0.15, 0.2) is 42.5 Å². The van der Waals surface area contributed by atoms with Gasteiger partial charge in [-0.15, -0.1) is 0 Å². The molecule has 2 aromatic carbocycles. The highest BCUT2D eigenvalue weighted by Gasteiger charge is 2.30. The predicted molar refractivity (Wildman–Crippen MR) is 105 cm³/mol. The van der Waals surface area contributed by atoms with Gasteiger partial charge in [0.1, 0.15) is 0 Å². The fourth-order valence-electron chi connectivity index (χ4n) is 3.06. The Morgan fingerprint density at radius 3 is 2.39 bits per heavy atom. The Morgan fingerprint density at radius 2 is 1.71 bits per heavy atom. The first kappa shape index (κ1) is 20.8. The highest BCUT2D eigenvalue weighted by molar-refractivity contribution is 6.43. The molecular formula is C19H18Cl2F3N3O. The number of alkyl halides is 3. The Labute approximate surface area is 170 Å². The molecule has 0 spiro atoms. The molecule has 0 saturated carbocycles. The second-order valence-electron chi connectivity index (χ2n) is 6.46. The Kier molecular flexibility index (Phi) is 6.37. The van der Waals surface area contributed by atoms with E-state index in [0.717, 1.165) is 17.8 Å². The number of hydrogen-bond acceptors (Lipinski definition) is 3. The third-order valence-electron chi connectivity index (χ3n) is 4.49. The fourth-order valence-corrected chi connectivity index (χ4v) is 3.48. The van der Waals surface area contributed by atoms with Gasteiger partial charge in [-0.05, 0) is 30.3 Å². The van der Waals surface area contributed by atoms with Gasteiger partial charge < -0.3 is 10.2 Å². The van der Waals surface area contributed by atoms with Crippen LogP contribution in [0.5, 0.6) is 0 Å². The molecule has 1 aliphatic heterocycles. The summed E-state index contributed by atoms with van der Waals surface area (Å²) >= 11 is 12.3.